The fourth-order valence-electron chi connectivity index (χ4n) is 1.85. The van der Waals surface area contributed by atoms with E-state index in [0.717, 1.165) is 19.4 Å². The highest BCUT2D eigenvalue weighted by Gasteiger charge is 2.32. The van der Waals surface area contributed by atoms with Crippen LogP contribution in [0.2, 0.25) is 0 Å². The Labute approximate surface area is 101 Å². The van der Waals surface area contributed by atoms with E-state index < -0.39 is 0 Å². The van der Waals surface area contributed by atoms with Crippen molar-refractivity contribution in [3.63, 3.8) is 0 Å². The second-order valence-electron chi connectivity index (χ2n) is 6.24. The van der Waals surface area contributed by atoms with Crippen LogP contribution in [0.5, 0.6) is 0 Å². The van der Waals surface area contributed by atoms with E-state index in [4.69, 9.17) is 4.74 Å². The summed E-state index contributed by atoms with van der Waals surface area (Å²) in [5, 5.41) is 3.59. The van der Waals surface area contributed by atoms with Crippen molar-refractivity contribution in [1.82, 2.24) is 10.2 Å². The van der Waals surface area contributed by atoms with Crippen LogP contribution in [0.15, 0.2) is 0 Å². The molecule has 0 radical (unpaired) electrons. The zero-order valence-corrected chi connectivity index (χ0v) is 11.7. The van der Waals surface area contributed by atoms with Gasteiger partial charge in [0.15, 0.2) is 0 Å². The number of rotatable bonds is 5. The summed E-state index contributed by atoms with van der Waals surface area (Å²) in [5.41, 5.74) is 0.00651. The lowest BCUT2D eigenvalue weighted by atomic mass is 9.88. The molecule has 1 aliphatic rings. The predicted molar refractivity (Wildman–Crippen MR) is 68.8 cm³/mol. The molecule has 16 heavy (non-hydrogen) atoms. The van der Waals surface area contributed by atoms with Crippen molar-refractivity contribution in [1.29, 1.82) is 0 Å². The minimum Gasteiger partial charge on any atom is -0.373 e. The van der Waals surface area contributed by atoms with Crippen LogP contribution in [0.1, 0.15) is 40.5 Å². The summed E-state index contributed by atoms with van der Waals surface area (Å²) in [6, 6.07) is 1.26. The molecule has 1 aliphatic carbocycles. The number of nitrogens with zero attached hydrogens (tertiary/aromatic N) is 1. The first-order valence-electron chi connectivity index (χ1n) is 6.35. The van der Waals surface area contributed by atoms with Gasteiger partial charge in [0.2, 0.25) is 0 Å². The Bertz CT molecular complexity index is 204. The van der Waals surface area contributed by atoms with Gasteiger partial charge in [-0.2, -0.15) is 0 Å². The molecule has 3 heteroatoms. The number of hydrogen-bond acceptors (Lipinski definition) is 3. The Balaban J connectivity index is 2.08. The lowest BCUT2D eigenvalue weighted by Crippen LogP contribution is -2.50. The van der Waals surface area contributed by atoms with Gasteiger partial charge in [-0.05, 0) is 54.6 Å². The van der Waals surface area contributed by atoms with Gasteiger partial charge in [0.1, 0.15) is 0 Å². The quantitative estimate of drug-likeness (QED) is 0.777. The van der Waals surface area contributed by atoms with E-state index in [1.165, 1.54) is 0 Å². The second-order valence-corrected chi connectivity index (χ2v) is 6.24. The van der Waals surface area contributed by atoms with Crippen molar-refractivity contribution in [2.75, 3.05) is 20.6 Å². The van der Waals surface area contributed by atoms with Crippen molar-refractivity contribution in [2.24, 2.45) is 0 Å². The van der Waals surface area contributed by atoms with Gasteiger partial charge in [0, 0.05) is 18.6 Å². The summed E-state index contributed by atoms with van der Waals surface area (Å²) >= 11 is 0. The van der Waals surface area contributed by atoms with E-state index in [1.54, 1.807) is 0 Å². The van der Waals surface area contributed by atoms with Crippen LogP contribution in [0.25, 0.3) is 0 Å². The van der Waals surface area contributed by atoms with Crippen LogP contribution >= 0.6 is 0 Å². The third-order valence-electron chi connectivity index (χ3n) is 3.20. The standard InChI is InChI=1S/C13H28N2O/c1-10(15(5)6)9-14-11-7-12(8-11)16-13(2,3)4/h10-12,14H,7-9H2,1-6H3. The topological polar surface area (TPSA) is 24.5 Å². The summed E-state index contributed by atoms with van der Waals surface area (Å²) < 4.78 is 5.91. The Morgan fingerprint density at radius 3 is 2.31 bits per heavy atom. The van der Waals surface area contributed by atoms with Gasteiger partial charge in [-0.15, -0.1) is 0 Å². The molecule has 1 unspecified atom stereocenters. The van der Waals surface area contributed by atoms with Gasteiger partial charge in [0.25, 0.3) is 0 Å². The van der Waals surface area contributed by atoms with E-state index in [-0.39, 0.29) is 5.60 Å². The number of nitrogens with one attached hydrogen (secondary N) is 1. The van der Waals surface area contributed by atoms with Crippen LogP contribution in [-0.2, 0) is 4.74 Å². The average molecular weight is 228 g/mol. The van der Waals surface area contributed by atoms with Crippen molar-refractivity contribution in [3.8, 4) is 0 Å². The Morgan fingerprint density at radius 2 is 1.88 bits per heavy atom. The van der Waals surface area contributed by atoms with E-state index in [0.29, 0.717) is 18.2 Å². The smallest absolute Gasteiger partial charge is 0.0612 e. The van der Waals surface area contributed by atoms with Gasteiger partial charge in [-0.3, -0.25) is 0 Å². The van der Waals surface area contributed by atoms with Crippen molar-refractivity contribution < 1.29 is 4.74 Å². The second kappa shape index (κ2) is 5.48. The van der Waals surface area contributed by atoms with Gasteiger partial charge in [-0.25, -0.2) is 0 Å². The molecule has 0 heterocycles. The molecular weight excluding hydrogens is 200 g/mol. The molecule has 0 bridgehead atoms. The van der Waals surface area contributed by atoms with E-state index >= 15 is 0 Å². The maximum Gasteiger partial charge on any atom is 0.0612 e. The molecule has 0 aromatic rings. The fraction of sp³-hybridized carbons (Fsp3) is 1.00. The molecule has 96 valence electrons. The predicted octanol–water partition coefficient (Wildman–Crippen LogP) is 1.87. The van der Waals surface area contributed by atoms with Crippen LogP contribution in [-0.4, -0.2) is 49.3 Å². The molecular formula is C13H28N2O. The lowest BCUT2D eigenvalue weighted by molar-refractivity contribution is -0.102. The molecule has 0 aromatic carbocycles. The Kier molecular flexibility index (Phi) is 4.77. The molecule has 1 saturated carbocycles. The minimum absolute atomic E-state index is 0.00651. The molecule has 0 aromatic heterocycles. The minimum atomic E-state index is 0.00651. The third kappa shape index (κ3) is 4.81. The Hall–Kier alpha value is -0.120. The summed E-state index contributed by atoms with van der Waals surface area (Å²) in [5.74, 6) is 0. The van der Waals surface area contributed by atoms with Gasteiger partial charge >= 0.3 is 0 Å². The molecule has 1 fully saturated rings. The molecule has 1 N–H and O–H groups in total. The van der Waals surface area contributed by atoms with Gasteiger partial charge in [-0.1, -0.05) is 0 Å². The first kappa shape index (κ1) is 13.9. The summed E-state index contributed by atoms with van der Waals surface area (Å²) in [4.78, 5) is 2.24. The van der Waals surface area contributed by atoms with Crippen LogP contribution in [0.4, 0.5) is 0 Å². The zero-order valence-electron chi connectivity index (χ0n) is 11.7. The molecule has 0 spiro atoms. The van der Waals surface area contributed by atoms with Crippen molar-refractivity contribution >= 4 is 0 Å². The summed E-state index contributed by atoms with van der Waals surface area (Å²) in [6.07, 6.45) is 2.79. The van der Waals surface area contributed by atoms with Crippen molar-refractivity contribution in [3.05, 3.63) is 0 Å². The van der Waals surface area contributed by atoms with Crippen molar-refractivity contribution in [2.45, 2.75) is 64.3 Å². The molecule has 0 saturated heterocycles. The number of ether oxygens (including phenoxy) is 1. The van der Waals surface area contributed by atoms with E-state index in [1.807, 2.05) is 0 Å². The summed E-state index contributed by atoms with van der Waals surface area (Å²) in [7, 11) is 4.25. The molecule has 1 rings (SSSR count). The molecule has 0 amide bonds. The van der Waals surface area contributed by atoms with Crippen LogP contribution in [0.3, 0.4) is 0 Å². The highest BCUT2D eigenvalue weighted by atomic mass is 16.5. The van der Waals surface area contributed by atoms with Gasteiger partial charge in [0.05, 0.1) is 11.7 Å². The van der Waals surface area contributed by atoms with E-state index in [9.17, 15) is 0 Å². The van der Waals surface area contributed by atoms with Crippen LogP contribution in [0, 0.1) is 0 Å². The fourth-order valence-corrected chi connectivity index (χ4v) is 1.85. The van der Waals surface area contributed by atoms with Gasteiger partial charge < -0.3 is 15.0 Å². The molecule has 1 atom stereocenters. The summed E-state index contributed by atoms with van der Waals surface area (Å²) in [6.45, 7) is 9.69. The number of likely N-dealkylation sites (N-methyl/N-ethyl adjacent to an activating group) is 1. The normalized spacial score (nSPS) is 27.9. The third-order valence-corrected chi connectivity index (χ3v) is 3.20. The molecule has 3 nitrogen and oxygen atoms in total. The number of hydrogen-bond donors (Lipinski definition) is 1. The first-order chi connectivity index (χ1) is 7.28. The highest BCUT2D eigenvalue weighted by molar-refractivity contribution is 4.88. The zero-order chi connectivity index (χ0) is 12.3. The highest BCUT2D eigenvalue weighted by Crippen LogP contribution is 2.27. The maximum absolute atomic E-state index is 5.91. The lowest BCUT2D eigenvalue weighted by Gasteiger charge is -2.40. The average Bonchev–Trinajstić information content (AvgIpc) is 2.05. The Morgan fingerprint density at radius 1 is 1.31 bits per heavy atom. The monoisotopic (exact) mass is 228 g/mol. The maximum atomic E-state index is 5.91. The SMILES string of the molecule is CC(CNC1CC(OC(C)(C)C)C1)N(C)C. The van der Waals surface area contributed by atoms with E-state index in [2.05, 4.69) is 52.0 Å². The largest absolute Gasteiger partial charge is 0.373 e. The first-order valence-corrected chi connectivity index (χ1v) is 6.35. The van der Waals surface area contributed by atoms with Crippen LogP contribution < -0.4 is 5.32 Å². The molecule has 0 aliphatic heterocycles.